The molecule has 11 rings (SSSR count). The van der Waals surface area contributed by atoms with Crippen molar-refractivity contribution in [3.63, 3.8) is 0 Å². The van der Waals surface area contributed by atoms with Crippen LogP contribution in [0.15, 0.2) is 35.1 Å². The van der Waals surface area contributed by atoms with E-state index in [0.29, 0.717) is 37.1 Å². The SMILES string of the molecule is Nc1nc2c(nc(NCCCCCCNC(=O)c3ccc(C(=O)O)c(C4=c5cc6c7c(c5Oc5c4cc4c8c5CCCN8CCC4)CCC[N+]=7CCC6)c3)n2[C@@H]2O[C@H](COP(=O)(O)O)[C@@H](O)[C@H]2O)c(=O)[nH]1. The maximum atomic E-state index is 14.0. The fraction of sp³-hybridized carbons (Fsp3) is 0.469. The number of ether oxygens (including phenoxy) is 2. The van der Waals surface area contributed by atoms with Crippen LogP contribution >= 0.6 is 7.82 Å². The Bertz CT molecular complexity index is 3250. The van der Waals surface area contributed by atoms with E-state index < -0.39 is 50.5 Å². The molecule has 0 unspecified atom stereocenters. The average Bonchev–Trinajstić information content (AvgIpc) is 3.85. The normalized spacial score (nSPS) is 21.0. The van der Waals surface area contributed by atoms with Crippen molar-refractivity contribution in [3.05, 3.63) is 95.8 Å². The number of fused-ring (bicyclic) bond motifs is 5. The number of aromatic carboxylic acids is 1. The van der Waals surface area contributed by atoms with E-state index in [1.54, 1.807) is 18.2 Å². The largest absolute Gasteiger partial charge is 0.478 e. The summed E-state index contributed by atoms with van der Waals surface area (Å²) in [4.78, 5) is 71.7. The first-order valence-corrected chi connectivity index (χ1v) is 26.1. The van der Waals surface area contributed by atoms with Crippen LogP contribution in [-0.4, -0.2) is 121 Å². The molecule has 1 fully saturated rings. The number of aliphatic hydroxyl groups is 2. The van der Waals surface area contributed by atoms with Crippen molar-refractivity contribution < 1.29 is 53.3 Å². The molecule has 71 heavy (non-hydrogen) atoms. The number of aromatic nitrogens is 4. The molecule has 6 aliphatic heterocycles. The molecule has 8 heterocycles. The van der Waals surface area contributed by atoms with Crippen molar-refractivity contribution in [1.82, 2.24) is 29.4 Å². The third kappa shape index (κ3) is 8.66. The van der Waals surface area contributed by atoms with Crippen LogP contribution in [0.25, 0.3) is 16.7 Å². The number of benzene rings is 3. The molecule has 1 saturated heterocycles. The molecule has 2 aromatic heterocycles. The number of nitrogens with zero attached hydrogens (tertiary/aromatic N) is 5. The van der Waals surface area contributed by atoms with Crippen LogP contribution in [0, 0.1) is 0 Å². The number of hydrogen-bond acceptors (Lipinski definition) is 14. The number of carboxylic acids is 1. The number of carboxylic acid groups (broad SMARTS) is 1. The number of nitrogen functional groups attached to an aromatic ring is 1. The molecule has 21 nitrogen and oxygen atoms in total. The molecule has 0 aliphatic carbocycles. The Morgan fingerprint density at radius 3 is 2.44 bits per heavy atom. The van der Waals surface area contributed by atoms with Crippen LogP contribution in [0.4, 0.5) is 17.6 Å². The van der Waals surface area contributed by atoms with E-state index >= 15 is 0 Å². The van der Waals surface area contributed by atoms with Gasteiger partial charge in [-0.15, -0.1) is 0 Å². The summed E-state index contributed by atoms with van der Waals surface area (Å²) in [7, 11) is -4.92. The first kappa shape index (κ1) is 47.2. The number of phosphoric ester groups is 1. The van der Waals surface area contributed by atoms with E-state index in [-0.39, 0.29) is 34.5 Å². The van der Waals surface area contributed by atoms with Crippen LogP contribution in [0.1, 0.15) is 112 Å². The minimum Gasteiger partial charge on any atom is -0.478 e. The molecule has 1 amide bonds. The van der Waals surface area contributed by atoms with E-state index in [1.165, 1.54) is 37.9 Å². The number of unbranched alkanes of at least 4 members (excludes halogenated alkanes) is 3. The number of aryl methyl sites for hydroxylation is 2. The summed E-state index contributed by atoms with van der Waals surface area (Å²) in [5.74, 6) is 0.0671. The number of nitrogens with two attached hydrogens (primary N) is 1. The minimum absolute atomic E-state index is 0.0536. The molecule has 0 spiro atoms. The summed E-state index contributed by atoms with van der Waals surface area (Å²) in [6.45, 7) is 4.00. The third-order valence-electron chi connectivity index (χ3n) is 14.7. The maximum absolute atomic E-state index is 14.0. The van der Waals surface area contributed by atoms with Gasteiger partial charge in [-0.1, -0.05) is 12.8 Å². The summed E-state index contributed by atoms with van der Waals surface area (Å²) in [5, 5.41) is 40.7. The first-order chi connectivity index (χ1) is 34.2. The van der Waals surface area contributed by atoms with Crippen molar-refractivity contribution in [3.8, 4) is 11.5 Å². The van der Waals surface area contributed by atoms with Gasteiger partial charge in [0, 0.05) is 77.8 Å². The number of aliphatic hydroxyl groups excluding tert-OH is 2. The standard InChI is InChI=1S/C49H56N9O12P/c50-48-54-43-36(45(62)55-48)53-49(58(43)46-40(60)39(59)34(69-46)24-68-71(65,66)67)52-16-4-2-1-3-15-51-44(61)27-13-14-28(47(63)64)31(23-27)35-32-21-25-9-5-17-56-19-7-11-29(37(25)56)41(32)70-42-30-12-8-20-57-18-6-10-26(38(30)57)22-33(35)42/h13-14,21-23,34,39-40,46,59-60H,1-12,15-20,24H2,(H7-,50,51,52,53,54,55,61,62,63,64,65,66,67)/p+1/t34-,39-,40-,46-/m1/s1. The highest BCUT2D eigenvalue weighted by Gasteiger charge is 2.46. The third-order valence-corrected chi connectivity index (χ3v) is 15.2. The second-order valence-corrected chi connectivity index (χ2v) is 20.5. The smallest absolute Gasteiger partial charge is 0.469 e. The predicted molar refractivity (Wildman–Crippen MR) is 259 cm³/mol. The molecule has 22 heteroatoms. The summed E-state index contributed by atoms with van der Waals surface area (Å²) >= 11 is 0. The van der Waals surface area contributed by atoms with Gasteiger partial charge < -0.3 is 55.8 Å². The molecular weight excluding hydrogens is 938 g/mol. The number of carbonyl (C=O) groups excluding carboxylic acids is 1. The molecule has 0 saturated carbocycles. The average molecular weight is 995 g/mol. The zero-order chi connectivity index (χ0) is 49.3. The van der Waals surface area contributed by atoms with Crippen molar-refractivity contribution in [2.45, 2.75) is 102 Å². The van der Waals surface area contributed by atoms with E-state index in [0.717, 1.165) is 118 Å². The molecule has 374 valence electrons. The van der Waals surface area contributed by atoms with Crippen LogP contribution in [0.3, 0.4) is 0 Å². The van der Waals surface area contributed by atoms with Gasteiger partial charge in [0.25, 0.3) is 11.5 Å². The van der Waals surface area contributed by atoms with Crippen LogP contribution in [0.2, 0.25) is 0 Å². The zero-order valence-corrected chi connectivity index (χ0v) is 39.9. The lowest BCUT2D eigenvalue weighted by Crippen LogP contribution is -2.45. The number of rotatable bonds is 15. The lowest BCUT2D eigenvalue weighted by atomic mass is 9.81. The Hall–Kier alpha value is -6.19. The van der Waals surface area contributed by atoms with Crippen LogP contribution in [-0.2, 0) is 39.5 Å². The van der Waals surface area contributed by atoms with Gasteiger partial charge in [-0.05, 0) is 92.8 Å². The highest BCUT2D eigenvalue weighted by molar-refractivity contribution is 7.46. The van der Waals surface area contributed by atoms with Gasteiger partial charge in [0.1, 0.15) is 42.9 Å². The van der Waals surface area contributed by atoms with E-state index in [9.17, 15) is 34.3 Å². The predicted octanol–water partition coefficient (Wildman–Crippen LogP) is 1.97. The van der Waals surface area contributed by atoms with Gasteiger partial charge >= 0.3 is 13.8 Å². The number of hydrogen-bond donors (Lipinski definition) is 9. The van der Waals surface area contributed by atoms with Crippen LogP contribution in [0.5, 0.6) is 11.5 Å². The fourth-order valence-corrected chi connectivity index (χ4v) is 11.9. The number of carbonyl (C=O) groups is 2. The summed E-state index contributed by atoms with van der Waals surface area (Å²) < 4.78 is 32.5. The number of H-pyrrole nitrogens is 1. The highest BCUT2D eigenvalue weighted by atomic mass is 31.2. The van der Waals surface area contributed by atoms with Crippen molar-refractivity contribution in [2.75, 3.05) is 61.8 Å². The highest BCUT2D eigenvalue weighted by Crippen LogP contribution is 2.49. The van der Waals surface area contributed by atoms with Crippen molar-refractivity contribution >= 4 is 54.0 Å². The lowest BCUT2D eigenvalue weighted by molar-refractivity contribution is -0.0494. The van der Waals surface area contributed by atoms with Gasteiger partial charge in [0.15, 0.2) is 17.4 Å². The second-order valence-electron chi connectivity index (χ2n) is 19.3. The van der Waals surface area contributed by atoms with Crippen molar-refractivity contribution in [1.29, 1.82) is 0 Å². The molecule has 10 N–H and O–H groups in total. The summed E-state index contributed by atoms with van der Waals surface area (Å²) in [6, 6.07) is 9.32. The number of aromatic amines is 1. The molecule has 4 atom stereocenters. The Morgan fingerprint density at radius 1 is 0.901 bits per heavy atom. The Morgan fingerprint density at radius 2 is 1.65 bits per heavy atom. The first-order valence-electron chi connectivity index (χ1n) is 24.6. The number of amides is 1. The molecule has 5 aromatic rings. The monoisotopic (exact) mass is 994 g/mol. The van der Waals surface area contributed by atoms with Gasteiger partial charge in [0.2, 0.25) is 17.3 Å². The Labute approximate surface area is 406 Å². The topological polar surface area (TPSA) is 300 Å². The van der Waals surface area contributed by atoms with Gasteiger partial charge in [-0.3, -0.25) is 23.7 Å². The molecule has 3 aromatic carbocycles. The van der Waals surface area contributed by atoms with E-state index in [1.807, 2.05) is 0 Å². The lowest BCUT2D eigenvalue weighted by Gasteiger charge is -2.39. The Kier molecular flexibility index (Phi) is 12.5. The van der Waals surface area contributed by atoms with E-state index in [2.05, 4.69) is 51.7 Å². The molecular formula is C49H57N9O12P+. The number of anilines is 3. The summed E-state index contributed by atoms with van der Waals surface area (Å²) in [6.07, 6.45) is 4.46. The maximum Gasteiger partial charge on any atom is 0.469 e. The fourth-order valence-electron chi connectivity index (χ4n) is 11.6. The van der Waals surface area contributed by atoms with Gasteiger partial charge in [-0.2, -0.15) is 4.98 Å². The number of imidazole rings is 1. The van der Waals surface area contributed by atoms with Gasteiger partial charge in [-0.25, -0.2) is 18.9 Å². The zero-order valence-electron chi connectivity index (χ0n) is 39.0. The Balaban J connectivity index is 0.807. The molecule has 6 aliphatic rings. The van der Waals surface area contributed by atoms with Crippen LogP contribution < -0.4 is 46.7 Å². The molecule has 0 radical (unpaired) electrons. The minimum atomic E-state index is -4.92. The quantitative estimate of drug-likeness (QED) is 0.0404. The number of phosphoric acid groups is 1. The second kappa shape index (κ2) is 18.8. The molecule has 0 bridgehead atoms. The van der Waals surface area contributed by atoms with Crippen molar-refractivity contribution in [2.24, 2.45) is 0 Å². The van der Waals surface area contributed by atoms with Gasteiger partial charge in [0.05, 0.1) is 17.7 Å². The summed E-state index contributed by atoms with van der Waals surface area (Å²) in [5.41, 5.74) is 13.8. The number of nitrogens with one attached hydrogen (secondary N) is 3. The van der Waals surface area contributed by atoms with E-state index in [4.69, 9.17) is 25.0 Å².